The predicted molar refractivity (Wildman–Crippen MR) is 118 cm³/mol. The van der Waals surface area contributed by atoms with Crippen molar-refractivity contribution in [1.82, 2.24) is 4.90 Å². The highest BCUT2D eigenvalue weighted by Gasteiger charge is 2.20. The zero-order chi connectivity index (χ0) is 20.6. The molecule has 0 spiro atoms. The SMILES string of the molecule is CC(C)Oc1ccc(NC(N)=NCC(=O)N2CCN(c3ccccc3)CC2)cc1. The van der Waals surface area contributed by atoms with Crippen LogP contribution in [0.3, 0.4) is 0 Å². The number of rotatable bonds is 6. The van der Waals surface area contributed by atoms with E-state index < -0.39 is 0 Å². The van der Waals surface area contributed by atoms with Crippen LogP contribution in [0, 0.1) is 0 Å². The van der Waals surface area contributed by atoms with E-state index in [1.807, 2.05) is 61.2 Å². The Morgan fingerprint density at radius 2 is 1.72 bits per heavy atom. The summed E-state index contributed by atoms with van der Waals surface area (Å²) in [6.07, 6.45) is 0.126. The van der Waals surface area contributed by atoms with Crippen molar-refractivity contribution < 1.29 is 9.53 Å². The van der Waals surface area contributed by atoms with Gasteiger partial charge in [-0.25, -0.2) is 4.99 Å². The number of carbonyl (C=O) groups excluding carboxylic acids is 1. The summed E-state index contributed by atoms with van der Waals surface area (Å²) in [5, 5.41) is 3.00. The van der Waals surface area contributed by atoms with E-state index in [0.29, 0.717) is 13.1 Å². The molecule has 0 radical (unpaired) electrons. The lowest BCUT2D eigenvalue weighted by atomic mass is 10.2. The maximum Gasteiger partial charge on any atom is 0.244 e. The summed E-state index contributed by atoms with van der Waals surface area (Å²) >= 11 is 0. The summed E-state index contributed by atoms with van der Waals surface area (Å²) in [7, 11) is 0. The fraction of sp³-hybridized carbons (Fsp3) is 0.364. The molecular formula is C22H29N5O2. The van der Waals surface area contributed by atoms with Crippen LogP contribution in [0.15, 0.2) is 59.6 Å². The number of nitrogens with zero attached hydrogens (tertiary/aromatic N) is 3. The Morgan fingerprint density at radius 3 is 2.34 bits per heavy atom. The van der Waals surface area contributed by atoms with Crippen molar-refractivity contribution in [2.45, 2.75) is 20.0 Å². The highest BCUT2D eigenvalue weighted by atomic mass is 16.5. The number of nitrogens with one attached hydrogen (secondary N) is 1. The van der Waals surface area contributed by atoms with Gasteiger partial charge in [0.15, 0.2) is 5.96 Å². The maximum absolute atomic E-state index is 12.4. The van der Waals surface area contributed by atoms with E-state index >= 15 is 0 Å². The van der Waals surface area contributed by atoms with Gasteiger partial charge in [0, 0.05) is 37.6 Å². The second-order valence-electron chi connectivity index (χ2n) is 7.22. The Hall–Kier alpha value is -3.22. The number of nitrogens with two attached hydrogens (primary N) is 1. The number of piperazine rings is 1. The van der Waals surface area contributed by atoms with Crippen LogP contribution in [0.5, 0.6) is 5.75 Å². The van der Waals surface area contributed by atoms with Gasteiger partial charge in [0.05, 0.1) is 6.10 Å². The highest BCUT2D eigenvalue weighted by Crippen LogP contribution is 2.17. The van der Waals surface area contributed by atoms with Crippen molar-refractivity contribution in [3.8, 4) is 5.75 Å². The van der Waals surface area contributed by atoms with Crippen LogP contribution in [0.2, 0.25) is 0 Å². The summed E-state index contributed by atoms with van der Waals surface area (Å²) < 4.78 is 5.61. The van der Waals surface area contributed by atoms with Gasteiger partial charge in [0.1, 0.15) is 12.3 Å². The summed E-state index contributed by atoms with van der Waals surface area (Å²) in [5.41, 5.74) is 7.92. The van der Waals surface area contributed by atoms with Crippen molar-refractivity contribution in [2.24, 2.45) is 10.7 Å². The van der Waals surface area contributed by atoms with E-state index in [0.717, 1.165) is 24.5 Å². The molecule has 29 heavy (non-hydrogen) atoms. The van der Waals surface area contributed by atoms with Gasteiger partial charge < -0.3 is 25.6 Å². The molecule has 1 amide bonds. The first-order valence-electron chi connectivity index (χ1n) is 9.92. The molecular weight excluding hydrogens is 366 g/mol. The Labute approximate surface area is 172 Å². The quantitative estimate of drug-likeness (QED) is 0.580. The van der Waals surface area contributed by atoms with Crippen molar-refractivity contribution in [3.63, 3.8) is 0 Å². The average molecular weight is 396 g/mol. The lowest BCUT2D eigenvalue weighted by Crippen LogP contribution is -2.49. The summed E-state index contributed by atoms with van der Waals surface area (Å²) in [5.74, 6) is 1.01. The average Bonchev–Trinajstić information content (AvgIpc) is 2.74. The Morgan fingerprint density at radius 1 is 1.07 bits per heavy atom. The Bertz CT molecular complexity index is 813. The first-order valence-corrected chi connectivity index (χ1v) is 9.92. The van der Waals surface area contributed by atoms with Gasteiger partial charge in [-0.15, -0.1) is 0 Å². The van der Waals surface area contributed by atoms with Gasteiger partial charge in [0.25, 0.3) is 0 Å². The molecule has 0 saturated carbocycles. The van der Waals surface area contributed by atoms with E-state index in [1.165, 1.54) is 5.69 Å². The van der Waals surface area contributed by atoms with Crippen LogP contribution in [0.25, 0.3) is 0 Å². The maximum atomic E-state index is 12.4. The number of carbonyl (C=O) groups is 1. The molecule has 3 N–H and O–H groups in total. The highest BCUT2D eigenvalue weighted by molar-refractivity contribution is 5.93. The second-order valence-corrected chi connectivity index (χ2v) is 7.22. The molecule has 1 aliphatic heterocycles. The topological polar surface area (TPSA) is 83.2 Å². The van der Waals surface area contributed by atoms with Gasteiger partial charge in [-0.1, -0.05) is 18.2 Å². The number of para-hydroxylation sites is 1. The van der Waals surface area contributed by atoms with Crippen LogP contribution < -0.4 is 20.7 Å². The van der Waals surface area contributed by atoms with E-state index in [-0.39, 0.29) is 24.5 Å². The number of hydrogen-bond acceptors (Lipinski definition) is 4. The van der Waals surface area contributed by atoms with Crippen molar-refractivity contribution >= 4 is 23.2 Å². The molecule has 1 heterocycles. The Kier molecular flexibility index (Phi) is 6.94. The number of benzene rings is 2. The number of ether oxygens (including phenoxy) is 1. The van der Waals surface area contributed by atoms with Gasteiger partial charge in [-0.2, -0.15) is 0 Å². The van der Waals surface area contributed by atoms with Crippen LogP contribution in [0.4, 0.5) is 11.4 Å². The summed E-state index contributed by atoms with van der Waals surface area (Å²) in [6.45, 7) is 7.02. The van der Waals surface area contributed by atoms with Gasteiger partial charge in [0.2, 0.25) is 5.91 Å². The monoisotopic (exact) mass is 395 g/mol. The predicted octanol–water partition coefficient (Wildman–Crippen LogP) is 2.55. The lowest BCUT2D eigenvalue weighted by molar-refractivity contribution is -0.129. The summed E-state index contributed by atoms with van der Waals surface area (Å²) in [4.78, 5) is 20.8. The van der Waals surface area contributed by atoms with Crippen LogP contribution >= 0.6 is 0 Å². The van der Waals surface area contributed by atoms with Crippen molar-refractivity contribution in [1.29, 1.82) is 0 Å². The number of guanidine groups is 1. The third-order valence-electron chi connectivity index (χ3n) is 4.64. The first-order chi connectivity index (χ1) is 14.0. The third kappa shape index (κ3) is 6.14. The number of amides is 1. The molecule has 3 rings (SSSR count). The molecule has 1 fully saturated rings. The fourth-order valence-corrected chi connectivity index (χ4v) is 3.18. The largest absolute Gasteiger partial charge is 0.491 e. The van der Waals surface area contributed by atoms with Gasteiger partial charge in [-0.05, 0) is 50.2 Å². The van der Waals surface area contributed by atoms with E-state index in [4.69, 9.17) is 10.5 Å². The number of hydrogen-bond donors (Lipinski definition) is 2. The Balaban J connectivity index is 1.45. The standard InChI is InChI=1S/C22H29N5O2/c1-17(2)29-20-10-8-18(9-11-20)25-22(23)24-16-21(28)27-14-12-26(13-15-27)19-6-4-3-5-7-19/h3-11,17H,12-16H2,1-2H3,(H3,23,24,25). The number of aliphatic imine (C=N–C) groups is 1. The minimum atomic E-state index is -0.0110. The minimum Gasteiger partial charge on any atom is -0.491 e. The van der Waals surface area contributed by atoms with Crippen LogP contribution in [-0.2, 0) is 4.79 Å². The van der Waals surface area contributed by atoms with Crippen LogP contribution in [-0.4, -0.2) is 55.6 Å². The molecule has 154 valence electrons. The smallest absolute Gasteiger partial charge is 0.244 e. The second kappa shape index (κ2) is 9.82. The molecule has 7 heteroatoms. The molecule has 0 unspecified atom stereocenters. The van der Waals surface area contributed by atoms with Gasteiger partial charge >= 0.3 is 0 Å². The summed E-state index contributed by atoms with van der Waals surface area (Å²) in [6, 6.07) is 17.7. The molecule has 1 saturated heterocycles. The molecule has 0 bridgehead atoms. The van der Waals surface area contributed by atoms with Crippen LogP contribution in [0.1, 0.15) is 13.8 Å². The molecule has 0 aromatic heterocycles. The fourth-order valence-electron chi connectivity index (χ4n) is 3.18. The first kappa shape index (κ1) is 20.5. The normalized spacial score (nSPS) is 14.8. The molecule has 2 aromatic rings. The molecule has 7 nitrogen and oxygen atoms in total. The van der Waals surface area contributed by atoms with E-state index in [9.17, 15) is 4.79 Å². The minimum absolute atomic E-state index is 0.0110. The zero-order valence-electron chi connectivity index (χ0n) is 17.0. The van der Waals surface area contributed by atoms with Crippen molar-refractivity contribution in [3.05, 3.63) is 54.6 Å². The zero-order valence-corrected chi connectivity index (χ0v) is 17.0. The van der Waals surface area contributed by atoms with E-state index in [1.54, 1.807) is 0 Å². The molecule has 2 aromatic carbocycles. The van der Waals surface area contributed by atoms with Crippen molar-refractivity contribution in [2.75, 3.05) is 42.9 Å². The van der Waals surface area contributed by atoms with Gasteiger partial charge in [-0.3, -0.25) is 4.79 Å². The third-order valence-corrected chi connectivity index (χ3v) is 4.64. The molecule has 0 atom stereocenters. The molecule has 0 aliphatic carbocycles. The molecule has 1 aliphatic rings. The van der Waals surface area contributed by atoms with E-state index in [2.05, 4.69) is 27.3 Å². The number of anilines is 2. The lowest BCUT2D eigenvalue weighted by Gasteiger charge is -2.35.